The molecule has 0 unspecified atom stereocenters. The van der Waals surface area contributed by atoms with E-state index in [4.69, 9.17) is 25.8 Å². The fourth-order valence-corrected chi connectivity index (χ4v) is 3.35. The predicted octanol–water partition coefficient (Wildman–Crippen LogP) is 3.21. The maximum Gasteiger partial charge on any atom is 0.260 e. The van der Waals surface area contributed by atoms with Crippen LogP contribution in [0.4, 0.5) is 0 Å². The van der Waals surface area contributed by atoms with Gasteiger partial charge >= 0.3 is 0 Å². The molecule has 2 aromatic rings. The Bertz CT molecular complexity index is 808. The molecule has 8 heteroatoms. The molecule has 1 saturated heterocycles. The molecule has 150 valence electrons. The fourth-order valence-electron chi connectivity index (χ4n) is 3.22. The first kappa shape index (κ1) is 20.6. The number of ether oxygens (including phenoxy) is 3. The van der Waals surface area contributed by atoms with Gasteiger partial charge in [-0.15, -0.1) is 12.4 Å². The molecule has 28 heavy (non-hydrogen) atoms. The normalized spacial score (nSPS) is 15.8. The lowest BCUT2D eigenvalue weighted by Gasteiger charge is -2.34. The lowest BCUT2D eigenvalue weighted by Crippen LogP contribution is -2.49. The van der Waals surface area contributed by atoms with Gasteiger partial charge in [-0.25, -0.2) is 0 Å². The average Bonchev–Trinajstić information content (AvgIpc) is 3.16. The second-order valence-electron chi connectivity index (χ2n) is 6.59. The molecule has 0 bridgehead atoms. The maximum absolute atomic E-state index is 12.4. The molecular formula is C20H22Cl2N2O4. The monoisotopic (exact) mass is 424 g/mol. The van der Waals surface area contributed by atoms with Gasteiger partial charge in [0.15, 0.2) is 18.1 Å². The summed E-state index contributed by atoms with van der Waals surface area (Å²) in [5.74, 6) is 2.26. The molecule has 2 heterocycles. The van der Waals surface area contributed by atoms with Crippen molar-refractivity contribution in [1.82, 2.24) is 9.80 Å². The smallest absolute Gasteiger partial charge is 0.260 e. The number of carbonyl (C=O) groups excluding carboxylic acids is 1. The summed E-state index contributed by atoms with van der Waals surface area (Å²) in [4.78, 5) is 16.5. The number of rotatable bonds is 5. The lowest BCUT2D eigenvalue weighted by molar-refractivity contribution is -0.135. The highest BCUT2D eigenvalue weighted by Gasteiger charge is 2.22. The van der Waals surface area contributed by atoms with Crippen LogP contribution in [0.1, 0.15) is 5.56 Å². The first-order valence-electron chi connectivity index (χ1n) is 8.94. The molecule has 0 aliphatic carbocycles. The van der Waals surface area contributed by atoms with Crippen molar-refractivity contribution in [3.05, 3.63) is 53.1 Å². The van der Waals surface area contributed by atoms with Crippen molar-refractivity contribution in [1.29, 1.82) is 0 Å². The molecule has 0 spiro atoms. The Balaban J connectivity index is 0.00000225. The number of amides is 1. The SMILES string of the molecule is Cl.O=C(COc1ccc(Cl)cc1)N1CCN(Cc2ccc3c(c2)OCO3)CC1. The van der Waals surface area contributed by atoms with E-state index in [1.807, 2.05) is 17.0 Å². The van der Waals surface area contributed by atoms with Crippen molar-refractivity contribution in [3.63, 3.8) is 0 Å². The van der Waals surface area contributed by atoms with Crippen molar-refractivity contribution in [2.75, 3.05) is 39.6 Å². The van der Waals surface area contributed by atoms with E-state index in [9.17, 15) is 4.79 Å². The van der Waals surface area contributed by atoms with Crippen molar-refractivity contribution in [3.8, 4) is 17.2 Å². The number of fused-ring (bicyclic) bond motifs is 1. The minimum absolute atomic E-state index is 0. The molecule has 2 aromatic carbocycles. The Labute approximate surface area is 175 Å². The molecule has 0 radical (unpaired) electrons. The van der Waals surface area contributed by atoms with E-state index in [-0.39, 0.29) is 31.7 Å². The number of hydrogen-bond donors (Lipinski definition) is 0. The van der Waals surface area contributed by atoms with E-state index in [2.05, 4.69) is 11.0 Å². The van der Waals surface area contributed by atoms with Gasteiger partial charge in [0.05, 0.1) is 0 Å². The Morgan fingerprint density at radius 3 is 2.46 bits per heavy atom. The Kier molecular flexibility index (Phi) is 6.88. The zero-order valence-corrected chi connectivity index (χ0v) is 16.9. The van der Waals surface area contributed by atoms with E-state index in [1.165, 1.54) is 5.56 Å². The number of carbonyl (C=O) groups is 1. The summed E-state index contributed by atoms with van der Waals surface area (Å²) in [5.41, 5.74) is 1.19. The van der Waals surface area contributed by atoms with Gasteiger partial charge in [-0.2, -0.15) is 0 Å². The first-order valence-corrected chi connectivity index (χ1v) is 9.32. The first-order chi connectivity index (χ1) is 13.2. The van der Waals surface area contributed by atoms with Crippen LogP contribution in [-0.2, 0) is 11.3 Å². The number of nitrogens with zero attached hydrogens (tertiary/aromatic N) is 2. The summed E-state index contributed by atoms with van der Waals surface area (Å²) in [5, 5.41) is 0.646. The standard InChI is InChI=1S/C20H21ClN2O4.ClH/c21-16-2-4-17(5-3-16)25-13-20(24)23-9-7-22(8-10-23)12-15-1-6-18-19(11-15)27-14-26-18;/h1-6,11H,7-10,12-14H2;1H. The molecule has 0 atom stereocenters. The molecule has 0 N–H and O–H groups in total. The molecule has 1 amide bonds. The van der Waals surface area contributed by atoms with Crippen LogP contribution in [0.25, 0.3) is 0 Å². The molecule has 2 aliphatic heterocycles. The van der Waals surface area contributed by atoms with Gasteiger partial charge in [0.25, 0.3) is 5.91 Å². The predicted molar refractivity (Wildman–Crippen MR) is 109 cm³/mol. The van der Waals surface area contributed by atoms with Crippen LogP contribution in [0, 0.1) is 0 Å². The number of hydrogen-bond acceptors (Lipinski definition) is 5. The van der Waals surface area contributed by atoms with Gasteiger partial charge in [0.1, 0.15) is 5.75 Å². The average molecular weight is 425 g/mol. The highest BCUT2D eigenvalue weighted by atomic mass is 35.5. The Hall–Kier alpha value is -2.15. The van der Waals surface area contributed by atoms with Gasteiger partial charge in [-0.3, -0.25) is 9.69 Å². The van der Waals surface area contributed by atoms with Crippen molar-refractivity contribution >= 4 is 29.9 Å². The molecule has 0 aromatic heterocycles. The molecular weight excluding hydrogens is 403 g/mol. The highest BCUT2D eigenvalue weighted by molar-refractivity contribution is 6.30. The van der Waals surface area contributed by atoms with Crippen LogP contribution < -0.4 is 14.2 Å². The fraction of sp³-hybridized carbons (Fsp3) is 0.350. The largest absolute Gasteiger partial charge is 0.484 e. The molecule has 6 nitrogen and oxygen atoms in total. The van der Waals surface area contributed by atoms with Crippen molar-refractivity contribution < 1.29 is 19.0 Å². The number of benzene rings is 2. The number of halogens is 2. The molecule has 1 fully saturated rings. The van der Waals surface area contributed by atoms with E-state index in [1.54, 1.807) is 24.3 Å². The van der Waals surface area contributed by atoms with Crippen molar-refractivity contribution in [2.45, 2.75) is 6.54 Å². The topological polar surface area (TPSA) is 51.2 Å². The minimum Gasteiger partial charge on any atom is -0.484 e. The van der Waals surface area contributed by atoms with E-state index in [0.29, 0.717) is 23.9 Å². The quantitative estimate of drug-likeness (QED) is 0.737. The second kappa shape index (κ2) is 9.37. The summed E-state index contributed by atoms with van der Waals surface area (Å²) < 4.78 is 16.3. The van der Waals surface area contributed by atoms with Gasteiger partial charge in [0, 0.05) is 37.7 Å². The number of piperazine rings is 1. The van der Waals surface area contributed by atoms with E-state index >= 15 is 0 Å². The van der Waals surface area contributed by atoms with Crippen LogP contribution in [-0.4, -0.2) is 55.3 Å². The van der Waals surface area contributed by atoms with Crippen LogP contribution >= 0.6 is 24.0 Å². The maximum atomic E-state index is 12.4. The summed E-state index contributed by atoms with van der Waals surface area (Å²) in [6.07, 6.45) is 0. The van der Waals surface area contributed by atoms with Crippen molar-refractivity contribution in [2.24, 2.45) is 0 Å². The third-order valence-electron chi connectivity index (χ3n) is 4.74. The third-order valence-corrected chi connectivity index (χ3v) is 5.00. The summed E-state index contributed by atoms with van der Waals surface area (Å²) in [6, 6.07) is 13.1. The minimum atomic E-state index is 0. The molecule has 4 rings (SSSR count). The van der Waals surface area contributed by atoms with Crippen LogP contribution in [0.2, 0.25) is 5.02 Å². The van der Waals surface area contributed by atoms with Gasteiger partial charge in [-0.1, -0.05) is 17.7 Å². The van der Waals surface area contributed by atoms with Gasteiger partial charge in [-0.05, 0) is 42.0 Å². The molecule has 0 saturated carbocycles. The summed E-state index contributed by atoms with van der Waals surface area (Å²) >= 11 is 5.85. The Morgan fingerprint density at radius 2 is 1.71 bits per heavy atom. The van der Waals surface area contributed by atoms with Crippen LogP contribution in [0.5, 0.6) is 17.2 Å². The zero-order valence-electron chi connectivity index (χ0n) is 15.3. The third kappa shape index (κ3) is 5.01. The highest BCUT2D eigenvalue weighted by Crippen LogP contribution is 2.32. The van der Waals surface area contributed by atoms with E-state index < -0.39 is 0 Å². The molecule has 2 aliphatic rings. The van der Waals surface area contributed by atoms with Crippen LogP contribution in [0.3, 0.4) is 0 Å². The Morgan fingerprint density at radius 1 is 1.00 bits per heavy atom. The van der Waals surface area contributed by atoms with Gasteiger partial charge < -0.3 is 19.1 Å². The second-order valence-corrected chi connectivity index (χ2v) is 7.02. The lowest BCUT2D eigenvalue weighted by atomic mass is 10.1. The zero-order chi connectivity index (χ0) is 18.6. The summed E-state index contributed by atoms with van der Waals surface area (Å²) in [7, 11) is 0. The van der Waals surface area contributed by atoms with E-state index in [0.717, 1.165) is 31.1 Å². The van der Waals surface area contributed by atoms with Crippen LogP contribution in [0.15, 0.2) is 42.5 Å². The summed E-state index contributed by atoms with van der Waals surface area (Å²) in [6.45, 7) is 4.24. The van der Waals surface area contributed by atoms with Gasteiger partial charge in [0.2, 0.25) is 6.79 Å².